The van der Waals surface area contributed by atoms with E-state index in [1.807, 2.05) is 26.0 Å². The van der Waals surface area contributed by atoms with Crippen LogP contribution in [0.25, 0.3) is 0 Å². The van der Waals surface area contributed by atoms with E-state index in [0.717, 1.165) is 16.7 Å². The first-order valence-electron chi connectivity index (χ1n) is 5.40. The van der Waals surface area contributed by atoms with Crippen LogP contribution in [0.1, 0.15) is 29.5 Å². The first-order chi connectivity index (χ1) is 7.51. The number of methoxy groups -OCH3 is 1. The molecule has 2 rings (SSSR count). The normalized spacial score (nSPS) is 16.9. The third kappa shape index (κ3) is 1.47. The van der Waals surface area contributed by atoms with Gasteiger partial charge in [0.1, 0.15) is 5.75 Å². The van der Waals surface area contributed by atoms with Crippen LogP contribution in [0.4, 0.5) is 0 Å². The minimum atomic E-state index is -0.742. The third-order valence-corrected chi connectivity index (χ3v) is 3.49. The van der Waals surface area contributed by atoms with E-state index in [2.05, 4.69) is 0 Å². The minimum Gasteiger partial charge on any atom is -0.496 e. The van der Waals surface area contributed by atoms with Gasteiger partial charge in [-0.25, -0.2) is 0 Å². The summed E-state index contributed by atoms with van der Waals surface area (Å²) in [6.45, 7) is 4.00. The molecule has 1 saturated carbocycles. The number of carbonyl (C=O) groups is 1. The molecule has 0 radical (unpaired) electrons. The minimum absolute atomic E-state index is 0.691. The summed E-state index contributed by atoms with van der Waals surface area (Å²) in [5, 5.41) is 9.28. The first-order valence-corrected chi connectivity index (χ1v) is 5.40. The Bertz CT molecular complexity index is 445. The Balaban J connectivity index is 2.56. The molecule has 3 nitrogen and oxygen atoms in total. The predicted octanol–water partition coefficient (Wildman–Crippen LogP) is 2.43. The Hall–Kier alpha value is -1.51. The molecule has 0 saturated heterocycles. The van der Waals surface area contributed by atoms with Crippen molar-refractivity contribution in [1.82, 2.24) is 0 Å². The smallest absolute Gasteiger partial charge is 0.314 e. The molecule has 0 aromatic heterocycles. The van der Waals surface area contributed by atoms with Gasteiger partial charge in [-0.2, -0.15) is 0 Å². The summed E-state index contributed by atoms with van der Waals surface area (Å²) in [5.74, 6) is -0.0444. The van der Waals surface area contributed by atoms with Crippen LogP contribution in [0.3, 0.4) is 0 Å². The number of hydrogen-bond donors (Lipinski definition) is 1. The van der Waals surface area contributed by atoms with Crippen molar-refractivity contribution in [2.75, 3.05) is 7.11 Å². The van der Waals surface area contributed by atoms with Crippen LogP contribution < -0.4 is 4.74 Å². The van der Waals surface area contributed by atoms with Crippen LogP contribution in [0.2, 0.25) is 0 Å². The van der Waals surface area contributed by atoms with Gasteiger partial charge in [0.15, 0.2) is 0 Å². The van der Waals surface area contributed by atoms with E-state index in [1.165, 1.54) is 0 Å². The van der Waals surface area contributed by atoms with Crippen molar-refractivity contribution in [1.29, 1.82) is 0 Å². The Labute approximate surface area is 95.0 Å². The highest BCUT2D eigenvalue weighted by molar-refractivity contribution is 5.86. The number of ether oxygens (including phenoxy) is 1. The molecule has 1 N–H and O–H groups in total. The molecule has 0 heterocycles. The van der Waals surface area contributed by atoms with E-state index in [0.29, 0.717) is 18.6 Å². The second kappa shape index (κ2) is 3.51. The maximum atomic E-state index is 11.3. The van der Waals surface area contributed by atoms with Gasteiger partial charge in [-0.15, -0.1) is 0 Å². The van der Waals surface area contributed by atoms with E-state index in [-0.39, 0.29) is 0 Å². The van der Waals surface area contributed by atoms with Crippen LogP contribution in [-0.2, 0) is 10.2 Å². The molecule has 0 atom stereocenters. The average Bonchev–Trinajstić information content (AvgIpc) is 3.02. The zero-order valence-electron chi connectivity index (χ0n) is 9.83. The summed E-state index contributed by atoms with van der Waals surface area (Å²) in [4.78, 5) is 11.3. The Morgan fingerprint density at radius 2 is 1.88 bits per heavy atom. The summed E-state index contributed by atoms with van der Waals surface area (Å²) >= 11 is 0. The number of carboxylic acids is 1. The van der Waals surface area contributed by atoms with Gasteiger partial charge in [0.2, 0.25) is 0 Å². The molecule has 86 valence electrons. The van der Waals surface area contributed by atoms with Crippen molar-refractivity contribution in [2.24, 2.45) is 0 Å². The van der Waals surface area contributed by atoms with Crippen LogP contribution in [0.5, 0.6) is 5.75 Å². The largest absolute Gasteiger partial charge is 0.496 e. The van der Waals surface area contributed by atoms with Crippen molar-refractivity contribution in [3.63, 3.8) is 0 Å². The fraction of sp³-hybridized carbons (Fsp3) is 0.462. The van der Waals surface area contributed by atoms with E-state index < -0.39 is 11.4 Å². The molecule has 1 aromatic carbocycles. The summed E-state index contributed by atoms with van der Waals surface area (Å²) in [5.41, 5.74) is 2.37. The number of carboxylic acid groups (broad SMARTS) is 1. The molecule has 16 heavy (non-hydrogen) atoms. The zero-order valence-corrected chi connectivity index (χ0v) is 9.83. The van der Waals surface area contributed by atoms with E-state index >= 15 is 0 Å². The quantitative estimate of drug-likeness (QED) is 0.851. The van der Waals surface area contributed by atoms with Gasteiger partial charge in [-0.05, 0) is 43.9 Å². The predicted molar refractivity (Wildman–Crippen MR) is 61.0 cm³/mol. The highest BCUT2D eigenvalue weighted by atomic mass is 16.5. The van der Waals surface area contributed by atoms with Crippen molar-refractivity contribution < 1.29 is 14.6 Å². The molecule has 0 unspecified atom stereocenters. The Kier molecular flexibility index (Phi) is 2.41. The van der Waals surface area contributed by atoms with Gasteiger partial charge < -0.3 is 9.84 Å². The maximum Gasteiger partial charge on any atom is 0.314 e. The number of hydrogen-bond acceptors (Lipinski definition) is 2. The molecule has 1 aliphatic rings. The standard InChI is InChI=1S/C13H16O3/c1-8-6-10(11(16-3)7-9(8)2)13(4-5-13)12(14)15/h6-7H,4-5H2,1-3H3,(H,14,15). The molecule has 0 spiro atoms. The van der Waals surface area contributed by atoms with E-state index in [1.54, 1.807) is 7.11 Å². The monoisotopic (exact) mass is 220 g/mol. The summed E-state index contributed by atoms with van der Waals surface area (Å²) in [7, 11) is 1.59. The lowest BCUT2D eigenvalue weighted by Gasteiger charge is -2.16. The van der Waals surface area contributed by atoms with Crippen molar-refractivity contribution in [3.8, 4) is 5.75 Å². The number of aliphatic carboxylic acids is 1. The van der Waals surface area contributed by atoms with Crippen LogP contribution in [0, 0.1) is 13.8 Å². The van der Waals surface area contributed by atoms with Crippen molar-refractivity contribution in [3.05, 3.63) is 28.8 Å². The van der Waals surface area contributed by atoms with E-state index in [9.17, 15) is 9.90 Å². The summed E-state index contributed by atoms with van der Waals surface area (Å²) in [6.07, 6.45) is 1.42. The summed E-state index contributed by atoms with van der Waals surface area (Å²) < 4.78 is 5.29. The van der Waals surface area contributed by atoms with Crippen LogP contribution in [-0.4, -0.2) is 18.2 Å². The van der Waals surface area contributed by atoms with Crippen molar-refractivity contribution >= 4 is 5.97 Å². The second-order valence-corrected chi connectivity index (χ2v) is 4.52. The molecular formula is C13H16O3. The third-order valence-electron chi connectivity index (χ3n) is 3.49. The Morgan fingerprint density at radius 1 is 1.31 bits per heavy atom. The SMILES string of the molecule is COc1cc(C)c(C)cc1C1(C(=O)O)CC1. The highest BCUT2D eigenvalue weighted by Crippen LogP contribution is 2.52. The molecule has 1 fully saturated rings. The number of aryl methyl sites for hydroxylation is 2. The molecule has 0 aliphatic heterocycles. The molecule has 0 amide bonds. The van der Waals surface area contributed by atoms with Crippen LogP contribution in [0.15, 0.2) is 12.1 Å². The van der Waals surface area contributed by atoms with Gasteiger partial charge >= 0.3 is 5.97 Å². The molecule has 0 bridgehead atoms. The lowest BCUT2D eigenvalue weighted by atomic mass is 9.92. The van der Waals surface area contributed by atoms with Gasteiger partial charge in [-0.3, -0.25) is 4.79 Å². The highest BCUT2D eigenvalue weighted by Gasteiger charge is 2.53. The van der Waals surface area contributed by atoms with Gasteiger partial charge in [0.05, 0.1) is 12.5 Å². The van der Waals surface area contributed by atoms with Gasteiger partial charge in [-0.1, -0.05) is 6.07 Å². The number of rotatable bonds is 3. The maximum absolute atomic E-state index is 11.3. The average molecular weight is 220 g/mol. The van der Waals surface area contributed by atoms with Gasteiger partial charge in [0.25, 0.3) is 0 Å². The zero-order chi connectivity index (χ0) is 11.9. The molecule has 1 aromatic rings. The fourth-order valence-corrected chi connectivity index (χ4v) is 2.06. The number of benzene rings is 1. The molecule has 3 heteroatoms. The van der Waals surface area contributed by atoms with Gasteiger partial charge in [0, 0.05) is 5.56 Å². The molecule has 1 aliphatic carbocycles. The lowest BCUT2D eigenvalue weighted by Crippen LogP contribution is -2.20. The second-order valence-electron chi connectivity index (χ2n) is 4.52. The summed E-state index contributed by atoms with van der Waals surface area (Å²) in [6, 6.07) is 3.88. The topological polar surface area (TPSA) is 46.5 Å². The lowest BCUT2D eigenvalue weighted by molar-refractivity contribution is -0.140. The first kappa shape index (κ1) is 11.0. The van der Waals surface area contributed by atoms with E-state index in [4.69, 9.17) is 4.74 Å². The van der Waals surface area contributed by atoms with Crippen molar-refractivity contribution in [2.45, 2.75) is 32.1 Å². The Morgan fingerprint density at radius 3 is 2.31 bits per heavy atom. The molecular weight excluding hydrogens is 204 g/mol. The van der Waals surface area contributed by atoms with Crippen LogP contribution >= 0.6 is 0 Å². The fourth-order valence-electron chi connectivity index (χ4n) is 2.06.